The second-order valence-electron chi connectivity index (χ2n) is 3.94. The van der Waals surface area contributed by atoms with Crippen LogP contribution < -0.4 is 4.72 Å². The van der Waals surface area contributed by atoms with Crippen LogP contribution in [-0.2, 0) is 10.0 Å². The Bertz CT molecular complexity index is 527. The van der Waals surface area contributed by atoms with Crippen molar-refractivity contribution < 1.29 is 23.4 Å². The van der Waals surface area contributed by atoms with Crippen LogP contribution in [0.2, 0.25) is 0 Å². The first-order valence-electron chi connectivity index (χ1n) is 5.74. The lowest BCUT2D eigenvalue weighted by atomic mass is 10.2. The number of carboxylic acid groups (broad SMARTS) is 1. The minimum absolute atomic E-state index is 0.0830. The molecular weight excluding hydrogens is 272 g/mol. The quantitative estimate of drug-likeness (QED) is 0.660. The average Bonchev–Trinajstić information content (AvgIpc) is 2.38. The third-order valence-corrected chi connectivity index (χ3v) is 3.88. The Morgan fingerprint density at radius 1 is 1.47 bits per heavy atom. The van der Waals surface area contributed by atoms with E-state index in [0.29, 0.717) is 12.8 Å². The lowest BCUT2D eigenvalue weighted by molar-refractivity contribution is 0.0696. The number of nitrogens with one attached hydrogen (secondary N) is 1. The van der Waals surface area contributed by atoms with Crippen LogP contribution in [0.15, 0.2) is 23.4 Å². The van der Waals surface area contributed by atoms with Gasteiger partial charge in [-0.25, -0.2) is 22.9 Å². The van der Waals surface area contributed by atoms with Crippen molar-refractivity contribution in [1.29, 1.82) is 0 Å². The number of rotatable bonds is 7. The number of hydrogen-bond donors (Lipinski definition) is 3. The largest absolute Gasteiger partial charge is 0.478 e. The molecule has 1 aromatic heterocycles. The molecule has 0 fully saturated rings. The van der Waals surface area contributed by atoms with Crippen LogP contribution in [0.5, 0.6) is 0 Å². The molecule has 0 aliphatic heterocycles. The number of pyridine rings is 1. The summed E-state index contributed by atoms with van der Waals surface area (Å²) in [6.07, 6.45) is 1.29. The van der Waals surface area contributed by atoms with E-state index in [4.69, 9.17) is 5.11 Å². The maximum atomic E-state index is 11.8. The molecule has 0 saturated carbocycles. The van der Waals surface area contributed by atoms with Crippen LogP contribution >= 0.6 is 0 Å². The van der Waals surface area contributed by atoms with Crippen molar-refractivity contribution in [3.05, 3.63) is 23.9 Å². The van der Waals surface area contributed by atoms with Gasteiger partial charge in [0.2, 0.25) is 0 Å². The van der Waals surface area contributed by atoms with Crippen molar-refractivity contribution >= 4 is 16.0 Å². The van der Waals surface area contributed by atoms with Crippen LogP contribution in [0, 0.1) is 0 Å². The Hall–Kier alpha value is -1.51. The van der Waals surface area contributed by atoms with Gasteiger partial charge in [-0.2, -0.15) is 0 Å². The number of sulfonamides is 1. The fourth-order valence-corrected chi connectivity index (χ4v) is 2.28. The highest BCUT2D eigenvalue weighted by Crippen LogP contribution is 2.07. The Balaban J connectivity index is 2.69. The molecule has 0 amide bonds. The van der Waals surface area contributed by atoms with Crippen LogP contribution in [0.3, 0.4) is 0 Å². The van der Waals surface area contributed by atoms with E-state index >= 15 is 0 Å². The lowest BCUT2D eigenvalue weighted by Gasteiger charge is -2.09. The molecule has 1 aromatic rings. The molecule has 0 bridgehead atoms. The van der Waals surface area contributed by atoms with Gasteiger partial charge in [0.15, 0.2) is 5.03 Å². The highest BCUT2D eigenvalue weighted by molar-refractivity contribution is 7.89. The molecule has 0 saturated heterocycles. The molecule has 0 aliphatic carbocycles. The molecule has 0 radical (unpaired) electrons. The molecule has 106 valence electrons. The molecule has 1 rings (SSSR count). The molecule has 0 aliphatic rings. The number of aromatic carboxylic acids is 1. The van der Waals surface area contributed by atoms with Crippen LogP contribution in [-0.4, -0.2) is 42.2 Å². The number of carboxylic acids is 1. The molecular formula is C11H16N2O5S. The van der Waals surface area contributed by atoms with Gasteiger partial charge in [0.25, 0.3) is 10.0 Å². The summed E-state index contributed by atoms with van der Waals surface area (Å²) in [5, 5.41) is 17.7. The summed E-state index contributed by atoms with van der Waals surface area (Å²) in [7, 11) is -3.77. The molecule has 1 atom stereocenters. The molecule has 1 heterocycles. The van der Waals surface area contributed by atoms with Gasteiger partial charge in [-0.1, -0.05) is 6.92 Å². The number of aliphatic hydroxyl groups excluding tert-OH is 1. The fourth-order valence-electron chi connectivity index (χ4n) is 1.30. The second-order valence-corrected chi connectivity index (χ2v) is 5.65. The van der Waals surface area contributed by atoms with E-state index in [1.807, 2.05) is 0 Å². The van der Waals surface area contributed by atoms with E-state index in [9.17, 15) is 18.3 Å². The van der Waals surface area contributed by atoms with Gasteiger partial charge < -0.3 is 10.2 Å². The van der Waals surface area contributed by atoms with Gasteiger partial charge in [-0.15, -0.1) is 0 Å². The molecule has 0 spiro atoms. The number of hydrogen-bond acceptors (Lipinski definition) is 5. The maximum Gasteiger partial charge on any atom is 0.337 e. The molecule has 7 nitrogen and oxygen atoms in total. The number of aromatic nitrogens is 1. The fraction of sp³-hybridized carbons (Fsp3) is 0.455. The first-order valence-corrected chi connectivity index (χ1v) is 7.22. The van der Waals surface area contributed by atoms with Crippen molar-refractivity contribution in [3.63, 3.8) is 0 Å². The number of nitrogens with zero attached hydrogens (tertiary/aromatic N) is 1. The van der Waals surface area contributed by atoms with Gasteiger partial charge in [0, 0.05) is 12.7 Å². The summed E-state index contributed by atoms with van der Waals surface area (Å²) in [6, 6.07) is 2.30. The second kappa shape index (κ2) is 6.60. The van der Waals surface area contributed by atoms with Crippen molar-refractivity contribution in [2.24, 2.45) is 0 Å². The predicted octanol–water partition coefficient (Wildman–Crippen LogP) is 0.219. The number of carbonyl (C=O) groups is 1. The highest BCUT2D eigenvalue weighted by atomic mass is 32.2. The van der Waals surface area contributed by atoms with Gasteiger partial charge in [0.1, 0.15) is 0 Å². The van der Waals surface area contributed by atoms with Crippen molar-refractivity contribution in [2.45, 2.75) is 30.9 Å². The van der Waals surface area contributed by atoms with Crippen molar-refractivity contribution in [1.82, 2.24) is 9.71 Å². The van der Waals surface area contributed by atoms with Crippen LogP contribution in [0.4, 0.5) is 0 Å². The van der Waals surface area contributed by atoms with E-state index in [1.165, 1.54) is 6.07 Å². The van der Waals surface area contributed by atoms with E-state index in [0.717, 1.165) is 12.3 Å². The van der Waals surface area contributed by atoms with Gasteiger partial charge >= 0.3 is 5.97 Å². The van der Waals surface area contributed by atoms with Gasteiger partial charge in [-0.05, 0) is 25.0 Å². The highest BCUT2D eigenvalue weighted by Gasteiger charge is 2.16. The summed E-state index contributed by atoms with van der Waals surface area (Å²) in [4.78, 5) is 14.2. The van der Waals surface area contributed by atoms with E-state index in [1.54, 1.807) is 6.92 Å². The maximum absolute atomic E-state index is 11.8. The summed E-state index contributed by atoms with van der Waals surface area (Å²) < 4.78 is 25.9. The zero-order valence-electron chi connectivity index (χ0n) is 10.4. The van der Waals surface area contributed by atoms with Crippen molar-refractivity contribution in [2.75, 3.05) is 6.54 Å². The van der Waals surface area contributed by atoms with Crippen LogP contribution in [0.1, 0.15) is 30.1 Å². The topological polar surface area (TPSA) is 117 Å². The van der Waals surface area contributed by atoms with E-state index in [-0.39, 0.29) is 17.1 Å². The summed E-state index contributed by atoms with van der Waals surface area (Å²) in [6.45, 7) is 1.89. The Morgan fingerprint density at radius 2 is 2.16 bits per heavy atom. The third-order valence-electron chi connectivity index (χ3n) is 2.50. The molecule has 0 aromatic carbocycles. The Kier molecular flexibility index (Phi) is 5.40. The Labute approximate surface area is 111 Å². The average molecular weight is 288 g/mol. The predicted molar refractivity (Wildman–Crippen MR) is 67.3 cm³/mol. The SMILES string of the molecule is CCC(O)CCNS(=O)(=O)c1ccc(C(=O)O)cn1. The summed E-state index contributed by atoms with van der Waals surface area (Å²) in [5.41, 5.74) is -0.0830. The third kappa shape index (κ3) is 4.58. The zero-order chi connectivity index (χ0) is 14.5. The number of aliphatic hydroxyl groups is 1. The monoisotopic (exact) mass is 288 g/mol. The molecule has 8 heteroatoms. The Morgan fingerprint density at radius 3 is 2.63 bits per heavy atom. The minimum atomic E-state index is -3.77. The van der Waals surface area contributed by atoms with Crippen molar-refractivity contribution in [3.8, 4) is 0 Å². The summed E-state index contributed by atoms with van der Waals surface area (Å²) >= 11 is 0. The lowest BCUT2D eigenvalue weighted by Crippen LogP contribution is -2.28. The standard InChI is InChI=1S/C11H16N2O5S/c1-2-9(14)5-6-13-19(17,18)10-4-3-8(7-12-10)11(15)16/h3-4,7,9,13-14H,2,5-6H2,1H3,(H,15,16). The van der Waals surface area contributed by atoms with E-state index < -0.39 is 22.1 Å². The smallest absolute Gasteiger partial charge is 0.337 e. The first-order chi connectivity index (χ1) is 8.86. The first kappa shape index (κ1) is 15.5. The molecule has 19 heavy (non-hydrogen) atoms. The van der Waals surface area contributed by atoms with Gasteiger partial charge in [0.05, 0.1) is 11.7 Å². The normalized spacial score (nSPS) is 13.2. The van der Waals surface area contributed by atoms with E-state index in [2.05, 4.69) is 9.71 Å². The minimum Gasteiger partial charge on any atom is -0.478 e. The summed E-state index contributed by atoms with van der Waals surface area (Å²) in [5.74, 6) is -1.17. The molecule has 3 N–H and O–H groups in total. The molecule has 1 unspecified atom stereocenters. The van der Waals surface area contributed by atoms with Crippen LogP contribution in [0.25, 0.3) is 0 Å². The van der Waals surface area contributed by atoms with Gasteiger partial charge in [-0.3, -0.25) is 0 Å². The zero-order valence-corrected chi connectivity index (χ0v) is 11.2.